The molecule has 0 rings (SSSR count). The molecule has 0 aromatic rings. The van der Waals surface area contributed by atoms with Crippen LogP contribution in [-0.2, 0) is 22.8 Å². The summed E-state index contributed by atoms with van der Waals surface area (Å²) < 4.78 is 26.8. The second-order valence-electron chi connectivity index (χ2n) is 4.43. The van der Waals surface area contributed by atoms with E-state index in [0.717, 1.165) is 51.9 Å². The Morgan fingerprint density at radius 1 is 0.850 bits per heavy atom. The van der Waals surface area contributed by atoms with Gasteiger partial charge in [0.1, 0.15) is 0 Å². The molecule has 0 amide bonds. The van der Waals surface area contributed by atoms with Gasteiger partial charge in [-0.1, -0.05) is 0 Å². The SMILES string of the molecule is CCOCCN(CCC[Si](OC)(OC)OC)CCOC. The van der Waals surface area contributed by atoms with Gasteiger partial charge in [-0.15, -0.1) is 0 Å². The van der Waals surface area contributed by atoms with E-state index in [0.29, 0.717) is 0 Å². The van der Waals surface area contributed by atoms with Crippen LogP contribution in [-0.4, -0.2) is 81.6 Å². The van der Waals surface area contributed by atoms with Gasteiger partial charge in [-0.2, -0.15) is 0 Å². The molecule has 0 N–H and O–H groups in total. The highest BCUT2D eigenvalue weighted by Crippen LogP contribution is 2.15. The predicted molar refractivity (Wildman–Crippen MR) is 81.0 cm³/mol. The number of hydrogen-bond acceptors (Lipinski definition) is 6. The second kappa shape index (κ2) is 12.7. The molecule has 20 heavy (non-hydrogen) atoms. The van der Waals surface area contributed by atoms with Gasteiger partial charge in [-0.05, 0) is 19.9 Å². The van der Waals surface area contributed by atoms with Crippen LogP contribution in [0.25, 0.3) is 0 Å². The lowest BCUT2D eigenvalue weighted by atomic mass is 10.4. The lowest BCUT2D eigenvalue weighted by Gasteiger charge is -2.26. The van der Waals surface area contributed by atoms with Crippen LogP contribution in [0.2, 0.25) is 6.04 Å². The van der Waals surface area contributed by atoms with Crippen LogP contribution in [0.1, 0.15) is 13.3 Å². The fourth-order valence-corrected chi connectivity index (χ4v) is 3.67. The van der Waals surface area contributed by atoms with E-state index in [9.17, 15) is 0 Å². The zero-order valence-electron chi connectivity index (χ0n) is 13.6. The lowest BCUT2D eigenvalue weighted by Crippen LogP contribution is -2.43. The Labute approximate surface area is 124 Å². The molecule has 0 atom stereocenters. The first-order valence-corrected chi connectivity index (χ1v) is 9.05. The number of nitrogens with zero attached hydrogens (tertiary/aromatic N) is 1. The molecule has 0 saturated heterocycles. The summed E-state index contributed by atoms with van der Waals surface area (Å²) in [4.78, 5) is 2.33. The van der Waals surface area contributed by atoms with E-state index in [-0.39, 0.29) is 0 Å². The Balaban J connectivity index is 4.09. The Morgan fingerprint density at radius 3 is 1.95 bits per heavy atom. The zero-order valence-corrected chi connectivity index (χ0v) is 14.6. The first-order chi connectivity index (χ1) is 9.67. The third-order valence-electron chi connectivity index (χ3n) is 3.26. The van der Waals surface area contributed by atoms with Crippen molar-refractivity contribution in [3.8, 4) is 0 Å². The highest BCUT2D eigenvalue weighted by Gasteiger charge is 2.36. The second-order valence-corrected chi connectivity index (χ2v) is 7.52. The van der Waals surface area contributed by atoms with Crippen molar-refractivity contribution in [1.29, 1.82) is 0 Å². The number of rotatable bonds is 14. The van der Waals surface area contributed by atoms with E-state index in [2.05, 4.69) is 4.90 Å². The summed E-state index contributed by atoms with van der Waals surface area (Å²) in [5, 5.41) is 0. The minimum atomic E-state index is -2.44. The first kappa shape index (κ1) is 20.0. The molecule has 122 valence electrons. The van der Waals surface area contributed by atoms with Crippen molar-refractivity contribution >= 4 is 8.80 Å². The van der Waals surface area contributed by atoms with Crippen LogP contribution in [0.4, 0.5) is 0 Å². The van der Waals surface area contributed by atoms with Gasteiger partial charge in [0, 0.05) is 54.2 Å². The molecule has 0 aromatic heterocycles. The molecule has 0 aromatic carbocycles. The Kier molecular flexibility index (Phi) is 12.7. The van der Waals surface area contributed by atoms with Gasteiger partial charge >= 0.3 is 8.80 Å². The van der Waals surface area contributed by atoms with Crippen LogP contribution in [0.3, 0.4) is 0 Å². The minimum absolute atomic E-state index is 0.730. The fraction of sp³-hybridized carbons (Fsp3) is 1.00. The summed E-state index contributed by atoms with van der Waals surface area (Å²) in [5.74, 6) is 0. The van der Waals surface area contributed by atoms with Crippen molar-refractivity contribution in [2.24, 2.45) is 0 Å². The van der Waals surface area contributed by atoms with Crippen molar-refractivity contribution in [2.45, 2.75) is 19.4 Å². The first-order valence-electron chi connectivity index (χ1n) is 7.12. The van der Waals surface area contributed by atoms with Gasteiger partial charge in [-0.25, -0.2) is 0 Å². The van der Waals surface area contributed by atoms with E-state index in [1.54, 1.807) is 28.4 Å². The Hall–Kier alpha value is -0.0231. The fourth-order valence-electron chi connectivity index (χ4n) is 1.97. The quantitative estimate of drug-likeness (QED) is 0.355. The Bertz CT molecular complexity index is 209. The van der Waals surface area contributed by atoms with Gasteiger partial charge in [0.15, 0.2) is 0 Å². The predicted octanol–water partition coefficient (Wildman–Crippen LogP) is 1.24. The molecule has 0 saturated carbocycles. The van der Waals surface area contributed by atoms with Crippen molar-refractivity contribution in [1.82, 2.24) is 4.90 Å². The van der Waals surface area contributed by atoms with Crippen LogP contribution in [0.15, 0.2) is 0 Å². The molecule has 0 radical (unpaired) electrons. The maximum absolute atomic E-state index is 5.42. The molecular formula is C13H31NO5Si. The van der Waals surface area contributed by atoms with E-state index in [1.807, 2.05) is 6.92 Å². The van der Waals surface area contributed by atoms with Gasteiger partial charge < -0.3 is 22.8 Å². The summed E-state index contributed by atoms with van der Waals surface area (Å²) in [7, 11) is 4.23. The third-order valence-corrected chi connectivity index (χ3v) is 6.09. The summed E-state index contributed by atoms with van der Waals surface area (Å²) in [5.41, 5.74) is 0. The molecule has 6 nitrogen and oxygen atoms in total. The van der Waals surface area contributed by atoms with Crippen LogP contribution >= 0.6 is 0 Å². The summed E-state index contributed by atoms with van der Waals surface area (Å²) in [6, 6.07) is 0.814. The number of ether oxygens (including phenoxy) is 2. The summed E-state index contributed by atoms with van der Waals surface area (Å²) in [6.07, 6.45) is 0.970. The largest absolute Gasteiger partial charge is 0.500 e. The van der Waals surface area contributed by atoms with Gasteiger partial charge in [0.05, 0.1) is 13.2 Å². The maximum Gasteiger partial charge on any atom is 0.500 e. The molecular weight excluding hydrogens is 278 g/mol. The average Bonchev–Trinajstić information content (AvgIpc) is 2.49. The van der Waals surface area contributed by atoms with E-state index in [4.69, 9.17) is 22.8 Å². The van der Waals surface area contributed by atoms with Crippen molar-refractivity contribution in [2.75, 3.05) is 67.9 Å². The highest BCUT2D eigenvalue weighted by atomic mass is 28.4. The minimum Gasteiger partial charge on any atom is -0.383 e. The molecule has 0 aliphatic carbocycles. The van der Waals surface area contributed by atoms with Crippen molar-refractivity contribution in [3.63, 3.8) is 0 Å². The molecule has 0 unspecified atom stereocenters. The molecule has 0 spiro atoms. The lowest BCUT2D eigenvalue weighted by molar-refractivity contribution is 0.0919. The number of methoxy groups -OCH3 is 1. The molecule has 0 heterocycles. The van der Waals surface area contributed by atoms with Crippen LogP contribution < -0.4 is 0 Å². The zero-order chi connectivity index (χ0) is 15.3. The molecule has 0 aliphatic rings. The van der Waals surface area contributed by atoms with Crippen LogP contribution in [0.5, 0.6) is 0 Å². The van der Waals surface area contributed by atoms with E-state index >= 15 is 0 Å². The Morgan fingerprint density at radius 2 is 1.45 bits per heavy atom. The molecule has 0 aliphatic heterocycles. The number of hydrogen-bond donors (Lipinski definition) is 0. The summed E-state index contributed by atoms with van der Waals surface area (Å²) in [6.45, 7) is 7.03. The van der Waals surface area contributed by atoms with Gasteiger partial charge in [0.2, 0.25) is 0 Å². The van der Waals surface area contributed by atoms with Gasteiger partial charge in [-0.3, -0.25) is 4.90 Å². The highest BCUT2D eigenvalue weighted by molar-refractivity contribution is 6.60. The molecule has 7 heteroatoms. The standard InChI is InChI=1S/C13H31NO5Si/c1-6-19-12-10-14(9-11-15-2)8-7-13-20(16-3,17-4)18-5/h6-13H2,1-5H3. The third kappa shape index (κ3) is 8.31. The molecule has 0 bridgehead atoms. The normalized spacial score (nSPS) is 12.3. The van der Waals surface area contributed by atoms with Gasteiger partial charge in [0.25, 0.3) is 0 Å². The average molecular weight is 309 g/mol. The summed E-state index contributed by atoms with van der Waals surface area (Å²) >= 11 is 0. The van der Waals surface area contributed by atoms with Crippen molar-refractivity contribution < 1.29 is 22.8 Å². The van der Waals surface area contributed by atoms with Crippen LogP contribution in [0, 0.1) is 0 Å². The topological polar surface area (TPSA) is 49.4 Å². The monoisotopic (exact) mass is 309 g/mol. The van der Waals surface area contributed by atoms with E-state index in [1.165, 1.54) is 0 Å². The van der Waals surface area contributed by atoms with Crippen molar-refractivity contribution in [3.05, 3.63) is 0 Å². The molecule has 0 fully saturated rings. The maximum atomic E-state index is 5.42. The smallest absolute Gasteiger partial charge is 0.383 e. The van der Waals surface area contributed by atoms with E-state index < -0.39 is 8.80 Å².